The lowest BCUT2D eigenvalue weighted by atomic mass is 9.99. The molecule has 2 N–H and O–H groups in total. The number of carbonyl (C=O) groups excluding carboxylic acids is 1. The maximum Gasteiger partial charge on any atom is 0.339 e. The lowest BCUT2D eigenvalue weighted by Crippen LogP contribution is -2.34. The second-order valence-electron chi connectivity index (χ2n) is 7.79. The standard InChI is InChI=1S/C23H28ClN3O2S/c1-15-5-4-12-27(14-15)19-9-6-17(7-10-19)16(2)25-23(30)26-18-8-11-21(24)20(13-18)22(28)29-3/h6-11,13,15-16H,4-5,12,14H2,1-3H3,(H2,25,26,30)/t15-,16+/m1/s1. The fraction of sp³-hybridized carbons (Fsp3) is 0.391. The Kier molecular flexibility index (Phi) is 7.56. The first-order valence-corrected chi connectivity index (χ1v) is 11.0. The maximum atomic E-state index is 11.8. The molecule has 1 aliphatic rings. The van der Waals surface area contributed by atoms with Gasteiger partial charge in [0.2, 0.25) is 0 Å². The minimum absolute atomic E-state index is 0.0340. The van der Waals surface area contributed by atoms with Gasteiger partial charge in [-0.2, -0.15) is 0 Å². The number of nitrogens with one attached hydrogen (secondary N) is 2. The van der Waals surface area contributed by atoms with Crippen LogP contribution in [0.15, 0.2) is 42.5 Å². The Balaban J connectivity index is 1.60. The van der Waals surface area contributed by atoms with E-state index in [-0.39, 0.29) is 6.04 Å². The number of hydrogen-bond donors (Lipinski definition) is 2. The monoisotopic (exact) mass is 445 g/mol. The third kappa shape index (κ3) is 5.64. The van der Waals surface area contributed by atoms with Gasteiger partial charge in [0.15, 0.2) is 5.11 Å². The van der Waals surface area contributed by atoms with Gasteiger partial charge in [-0.15, -0.1) is 0 Å². The van der Waals surface area contributed by atoms with Crippen LogP contribution in [0.3, 0.4) is 0 Å². The quantitative estimate of drug-likeness (QED) is 0.474. The highest BCUT2D eigenvalue weighted by Gasteiger charge is 2.17. The molecular formula is C23H28ClN3O2S. The Morgan fingerprint density at radius 2 is 2.00 bits per heavy atom. The molecule has 2 atom stereocenters. The molecule has 1 aliphatic heterocycles. The summed E-state index contributed by atoms with van der Waals surface area (Å²) in [5, 5.41) is 7.19. The zero-order chi connectivity index (χ0) is 21.7. The average Bonchev–Trinajstić information content (AvgIpc) is 2.74. The molecule has 0 aromatic heterocycles. The summed E-state index contributed by atoms with van der Waals surface area (Å²) in [4.78, 5) is 14.3. The second-order valence-corrected chi connectivity index (χ2v) is 8.61. The number of halogens is 1. The van der Waals surface area contributed by atoms with E-state index in [4.69, 9.17) is 28.6 Å². The Labute approximate surface area is 188 Å². The zero-order valence-corrected chi connectivity index (χ0v) is 19.1. The molecule has 160 valence electrons. The number of piperidine rings is 1. The van der Waals surface area contributed by atoms with Gasteiger partial charge in [0.25, 0.3) is 0 Å². The van der Waals surface area contributed by atoms with Gasteiger partial charge in [-0.05, 0) is 73.8 Å². The van der Waals surface area contributed by atoms with Crippen LogP contribution in [0, 0.1) is 5.92 Å². The van der Waals surface area contributed by atoms with Crippen LogP contribution in [0.4, 0.5) is 11.4 Å². The molecule has 2 aromatic carbocycles. The number of esters is 1. The molecule has 2 aromatic rings. The zero-order valence-electron chi connectivity index (χ0n) is 17.6. The van der Waals surface area contributed by atoms with Crippen molar-refractivity contribution >= 4 is 46.3 Å². The molecule has 1 saturated heterocycles. The van der Waals surface area contributed by atoms with Gasteiger partial charge in [-0.1, -0.05) is 30.7 Å². The number of rotatable bonds is 5. The van der Waals surface area contributed by atoms with E-state index in [1.54, 1.807) is 18.2 Å². The number of thiocarbonyl (C=S) groups is 1. The molecule has 0 radical (unpaired) electrons. The number of anilines is 2. The van der Waals surface area contributed by atoms with Crippen LogP contribution in [0.2, 0.25) is 5.02 Å². The Morgan fingerprint density at radius 1 is 1.27 bits per heavy atom. The van der Waals surface area contributed by atoms with Crippen LogP contribution in [0.25, 0.3) is 0 Å². The van der Waals surface area contributed by atoms with Gasteiger partial charge in [0.1, 0.15) is 0 Å². The van der Waals surface area contributed by atoms with Crippen molar-refractivity contribution in [2.24, 2.45) is 5.92 Å². The van der Waals surface area contributed by atoms with Crippen molar-refractivity contribution < 1.29 is 9.53 Å². The number of benzene rings is 2. The van der Waals surface area contributed by atoms with Crippen LogP contribution >= 0.6 is 23.8 Å². The molecule has 0 aliphatic carbocycles. The van der Waals surface area contributed by atoms with E-state index in [0.717, 1.165) is 24.6 Å². The smallest absolute Gasteiger partial charge is 0.339 e. The molecule has 0 unspecified atom stereocenters. The largest absolute Gasteiger partial charge is 0.465 e. The predicted octanol–water partition coefficient (Wildman–Crippen LogP) is 5.41. The Bertz CT molecular complexity index is 904. The Hall–Kier alpha value is -2.31. The first kappa shape index (κ1) is 22.4. The van der Waals surface area contributed by atoms with Gasteiger partial charge in [0, 0.05) is 24.5 Å². The van der Waals surface area contributed by atoms with Crippen molar-refractivity contribution in [3.8, 4) is 0 Å². The SMILES string of the molecule is COC(=O)c1cc(NC(=S)N[C@@H](C)c2ccc(N3CCC[C@@H](C)C3)cc2)ccc1Cl. The highest BCUT2D eigenvalue weighted by Crippen LogP contribution is 2.25. The van der Waals surface area contributed by atoms with E-state index in [1.807, 2.05) is 0 Å². The third-order valence-electron chi connectivity index (χ3n) is 5.39. The van der Waals surface area contributed by atoms with Crippen LogP contribution < -0.4 is 15.5 Å². The summed E-state index contributed by atoms with van der Waals surface area (Å²) in [5.74, 6) is 0.258. The van der Waals surface area contributed by atoms with Gasteiger partial charge in [-0.25, -0.2) is 4.79 Å². The van der Waals surface area contributed by atoms with Crippen molar-refractivity contribution in [1.29, 1.82) is 0 Å². The minimum atomic E-state index is -0.487. The van der Waals surface area contributed by atoms with Crippen LogP contribution in [-0.4, -0.2) is 31.3 Å². The molecule has 7 heteroatoms. The van der Waals surface area contributed by atoms with Crippen LogP contribution in [0.1, 0.15) is 48.7 Å². The van der Waals surface area contributed by atoms with Crippen molar-refractivity contribution in [1.82, 2.24) is 5.32 Å². The van der Waals surface area contributed by atoms with Gasteiger partial charge in [0.05, 0.1) is 23.7 Å². The minimum Gasteiger partial charge on any atom is -0.465 e. The summed E-state index contributed by atoms with van der Waals surface area (Å²) in [6.07, 6.45) is 2.57. The molecular weight excluding hydrogens is 418 g/mol. The molecule has 0 saturated carbocycles. The lowest BCUT2D eigenvalue weighted by molar-refractivity contribution is 0.0601. The second kappa shape index (κ2) is 10.1. The summed E-state index contributed by atoms with van der Waals surface area (Å²) < 4.78 is 4.76. The fourth-order valence-electron chi connectivity index (χ4n) is 3.71. The van der Waals surface area contributed by atoms with Crippen LogP contribution in [-0.2, 0) is 4.74 Å². The van der Waals surface area contributed by atoms with E-state index in [0.29, 0.717) is 21.4 Å². The average molecular weight is 446 g/mol. The van der Waals surface area contributed by atoms with Gasteiger partial charge in [-0.3, -0.25) is 0 Å². The normalized spacial score (nSPS) is 17.2. The third-order valence-corrected chi connectivity index (χ3v) is 5.94. The number of carbonyl (C=O) groups is 1. The van der Waals surface area contributed by atoms with Crippen molar-refractivity contribution in [3.63, 3.8) is 0 Å². The summed E-state index contributed by atoms with van der Waals surface area (Å²) in [6.45, 7) is 6.62. The van der Waals surface area contributed by atoms with Crippen molar-refractivity contribution in [2.45, 2.75) is 32.7 Å². The van der Waals surface area contributed by atoms with E-state index in [1.165, 1.54) is 25.6 Å². The maximum absolute atomic E-state index is 11.8. The van der Waals surface area contributed by atoms with E-state index < -0.39 is 5.97 Å². The number of ether oxygens (including phenoxy) is 1. The molecule has 3 rings (SSSR count). The summed E-state index contributed by atoms with van der Waals surface area (Å²) in [6, 6.07) is 13.7. The molecule has 30 heavy (non-hydrogen) atoms. The topological polar surface area (TPSA) is 53.6 Å². The lowest BCUT2D eigenvalue weighted by Gasteiger charge is -2.33. The highest BCUT2D eigenvalue weighted by atomic mass is 35.5. The van der Waals surface area contributed by atoms with Crippen molar-refractivity contribution in [3.05, 3.63) is 58.6 Å². The first-order chi connectivity index (χ1) is 14.4. The molecule has 1 fully saturated rings. The van der Waals surface area contributed by atoms with E-state index in [9.17, 15) is 4.79 Å². The van der Waals surface area contributed by atoms with Gasteiger partial charge >= 0.3 is 5.97 Å². The molecule has 5 nitrogen and oxygen atoms in total. The number of hydrogen-bond acceptors (Lipinski definition) is 4. The van der Waals surface area contributed by atoms with Crippen molar-refractivity contribution in [2.75, 3.05) is 30.4 Å². The summed E-state index contributed by atoms with van der Waals surface area (Å²) in [5.41, 5.74) is 3.38. The Morgan fingerprint density at radius 3 is 2.67 bits per heavy atom. The fourth-order valence-corrected chi connectivity index (χ4v) is 4.20. The number of nitrogens with zero attached hydrogens (tertiary/aromatic N) is 1. The first-order valence-electron chi connectivity index (χ1n) is 10.2. The molecule has 0 spiro atoms. The summed E-state index contributed by atoms with van der Waals surface area (Å²) in [7, 11) is 1.32. The number of methoxy groups -OCH3 is 1. The molecule has 0 amide bonds. The highest BCUT2D eigenvalue weighted by molar-refractivity contribution is 7.80. The predicted molar refractivity (Wildman–Crippen MR) is 128 cm³/mol. The van der Waals surface area contributed by atoms with Gasteiger partial charge < -0.3 is 20.3 Å². The van der Waals surface area contributed by atoms with Crippen LogP contribution in [0.5, 0.6) is 0 Å². The van der Waals surface area contributed by atoms with E-state index in [2.05, 4.69) is 53.6 Å². The molecule has 0 bridgehead atoms. The summed E-state index contributed by atoms with van der Waals surface area (Å²) >= 11 is 11.5. The molecule has 1 heterocycles. The van der Waals surface area contributed by atoms with E-state index >= 15 is 0 Å².